The van der Waals surface area contributed by atoms with E-state index in [1.807, 2.05) is 24.3 Å². The summed E-state index contributed by atoms with van der Waals surface area (Å²) in [5.74, 6) is 0.929. The van der Waals surface area contributed by atoms with Gasteiger partial charge in [0.05, 0.1) is 12.4 Å². The molecule has 1 unspecified atom stereocenters. The highest BCUT2D eigenvalue weighted by atomic mass is 32.2. The summed E-state index contributed by atoms with van der Waals surface area (Å²) in [7, 11) is -2.90. The monoisotopic (exact) mass is 285 g/mol. The molecule has 0 aliphatic carbocycles. The molecule has 0 aliphatic heterocycles. The highest BCUT2D eigenvalue weighted by Gasteiger charge is 2.03. The molecule has 5 heteroatoms. The number of rotatable bonds is 8. The lowest BCUT2D eigenvalue weighted by Crippen LogP contribution is -2.21. The Balaban J connectivity index is 2.36. The fourth-order valence-corrected chi connectivity index (χ4v) is 2.32. The molecule has 0 fully saturated rings. The van der Waals surface area contributed by atoms with Crippen molar-refractivity contribution in [1.82, 2.24) is 0 Å². The first-order valence-corrected chi connectivity index (χ1v) is 8.62. The summed E-state index contributed by atoms with van der Waals surface area (Å²) in [5, 5.41) is 0. The van der Waals surface area contributed by atoms with E-state index in [0.29, 0.717) is 13.0 Å². The summed E-state index contributed by atoms with van der Waals surface area (Å²) in [6, 6.07) is 8.00. The Morgan fingerprint density at radius 1 is 1.26 bits per heavy atom. The van der Waals surface area contributed by atoms with Crippen molar-refractivity contribution in [1.29, 1.82) is 0 Å². The van der Waals surface area contributed by atoms with E-state index in [9.17, 15) is 8.42 Å². The maximum atomic E-state index is 11.0. The van der Waals surface area contributed by atoms with E-state index in [2.05, 4.69) is 6.92 Å². The molecule has 0 amide bonds. The average Bonchev–Trinajstić information content (AvgIpc) is 2.35. The van der Waals surface area contributed by atoms with Crippen LogP contribution in [-0.2, 0) is 16.3 Å². The standard InChI is InChI=1S/C14H23NO3S/c1-3-13(15)11-12-5-7-14(8-6-12)18-9-4-10-19(2,16)17/h5-8,13H,3-4,9-11,15H2,1-2H3. The molecule has 1 atom stereocenters. The predicted molar refractivity (Wildman–Crippen MR) is 78.2 cm³/mol. The van der Waals surface area contributed by atoms with Gasteiger partial charge in [-0.15, -0.1) is 0 Å². The first-order valence-electron chi connectivity index (χ1n) is 6.55. The number of hydrogen-bond acceptors (Lipinski definition) is 4. The van der Waals surface area contributed by atoms with Gasteiger partial charge >= 0.3 is 0 Å². The van der Waals surface area contributed by atoms with E-state index in [0.717, 1.165) is 18.6 Å². The number of benzene rings is 1. The third-order valence-corrected chi connectivity index (χ3v) is 3.90. The molecule has 19 heavy (non-hydrogen) atoms. The summed E-state index contributed by atoms with van der Waals surface area (Å²) < 4.78 is 27.4. The van der Waals surface area contributed by atoms with Crippen molar-refractivity contribution in [3.05, 3.63) is 29.8 Å². The number of nitrogens with two attached hydrogens (primary N) is 1. The van der Waals surface area contributed by atoms with E-state index in [1.165, 1.54) is 11.8 Å². The van der Waals surface area contributed by atoms with Crippen LogP contribution in [0.15, 0.2) is 24.3 Å². The Morgan fingerprint density at radius 3 is 2.42 bits per heavy atom. The third-order valence-electron chi connectivity index (χ3n) is 2.87. The number of hydrogen-bond donors (Lipinski definition) is 1. The van der Waals surface area contributed by atoms with Crippen LogP contribution < -0.4 is 10.5 Å². The molecule has 0 spiro atoms. The third kappa shape index (κ3) is 7.18. The summed E-state index contributed by atoms with van der Waals surface area (Å²) in [6.45, 7) is 2.49. The first-order chi connectivity index (χ1) is 8.90. The Hall–Kier alpha value is -1.07. The van der Waals surface area contributed by atoms with Gasteiger partial charge in [-0.25, -0.2) is 8.42 Å². The average molecular weight is 285 g/mol. The number of sulfone groups is 1. The Labute approximate surface area is 115 Å². The Kier molecular flexibility index (Phi) is 6.31. The molecule has 1 aromatic rings. The van der Waals surface area contributed by atoms with Crippen molar-refractivity contribution in [2.75, 3.05) is 18.6 Å². The summed E-state index contributed by atoms with van der Waals surface area (Å²) in [5.41, 5.74) is 7.09. The minimum Gasteiger partial charge on any atom is -0.494 e. The normalized spacial score (nSPS) is 13.2. The molecule has 2 N–H and O–H groups in total. The van der Waals surface area contributed by atoms with Crippen molar-refractivity contribution >= 4 is 9.84 Å². The highest BCUT2D eigenvalue weighted by Crippen LogP contribution is 2.14. The van der Waals surface area contributed by atoms with Crippen molar-refractivity contribution < 1.29 is 13.2 Å². The van der Waals surface area contributed by atoms with Crippen LogP contribution in [0.3, 0.4) is 0 Å². The molecule has 108 valence electrons. The van der Waals surface area contributed by atoms with Crippen LogP contribution in [0.25, 0.3) is 0 Å². The molecular weight excluding hydrogens is 262 g/mol. The summed E-state index contributed by atoms with van der Waals surface area (Å²) in [4.78, 5) is 0. The van der Waals surface area contributed by atoms with Gasteiger partial charge in [-0.3, -0.25) is 0 Å². The maximum absolute atomic E-state index is 11.0. The second kappa shape index (κ2) is 7.50. The summed E-state index contributed by atoms with van der Waals surface area (Å²) in [6.07, 6.45) is 3.58. The van der Waals surface area contributed by atoms with Crippen LogP contribution in [0, 0.1) is 0 Å². The molecule has 1 aromatic carbocycles. The molecule has 0 saturated carbocycles. The summed E-state index contributed by atoms with van der Waals surface area (Å²) >= 11 is 0. The minimum absolute atomic E-state index is 0.163. The van der Waals surface area contributed by atoms with Gasteiger partial charge in [-0.05, 0) is 37.0 Å². The van der Waals surface area contributed by atoms with Crippen LogP contribution in [-0.4, -0.2) is 33.1 Å². The lowest BCUT2D eigenvalue weighted by atomic mass is 10.0. The van der Waals surface area contributed by atoms with E-state index in [1.54, 1.807) is 0 Å². The lowest BCUT2D eigenvalue weighted by Gasteiger charge is -2.10. The topological polar surface area (TPSA) is 69.4 Å². The van der Waals surface area contributed by atoms with Crippen LogP contribution >= 0.6 is 0 Å². The molecule has 0 aliphatic rings. The van der Waals surface area contributed by atoms with Crippen molar-refractivity contribution in [2.24, 2.45) is 5.73 Å². The van der Waals surface area contributed by atoms with E-state index in [4.69, 9.17) is 10.5 Å². The SMILES string of the molecule is CCC(N)Cc1ccc(OCCCS(C)(=O)=O)cc1. The maximum Gasteiger partial charge on any atom is 0.147 e. The van der Waals surface area contributed by atoms with Gasteiger partial charge in [0.25, 0.3) is 0 Å². The Morgan fingerprint density at radius 2 is 1.89 bits per heavy atom. The zero-order valence-electron chi connectivity index (χ0n) is 11.6. The molecule has 0 bridgehead atoms. The molecule has 1 rings (SSSR count). The van der Waals surface area contributed by atoms with Crippen molar-refractivity contribution in [2.45, 2.75) is 32.2 Å². The van der Waals surface area contributed by atoms with Gasteiger partial charge in [0, 0.05) is 12.3 Å². The molecule has 0 saturated heterocycles. The van der Waals surface area contributed by atoms with Gasteiger partial charge in [0.1, 0.15) is 15.6 Å². The first kappa shape index (κ1) is 16.0. The van der Waals surface area contributed by atoms with Gasteiger partial charge in [0.2, 0.25) is 0 Å². The molecule has 0 radical (unpaired) electrons. The van der Waals surface area contributed by atoms with Gasteiger partial charge in [0.15, 0.2) is 0 Å². The van der Waals surface area contributed by atoms with Gasteiger partial charge in [-0.1, -0.05) is 19.1 Å². The Bertz CT molecular complexity index is 468. The molecule has 0 heterocycles. The fourth-order valence-electron chi connectivity index (χ4n) is 1.68. The van der Waals surface area contributed by atoms with Crippen LogP contribution in [0.1, 0.15) is 25.3 Å². The van der Waals surface area contributed by atoms with Gasteiger partial charge in [-0.2, -0.15) is 0 Å². The van der Waals surface area contributed by atoms with E-state index < -0.39 is 9.84 Å². The quantitative estimate of drug-likeness (QED) is 0.739. The molecular formula is C14H23NO3S. The number of ether oxygens (including phenoxy) is 1. The smallest absolute Gasteiger partial charge is 0.147 e. The van der Waals surface area contributed by atoms with Crippen molar-refractivity contribution in [3.8, 4) is 5.75 Å². The van der Waals surface area contributed by atoms with Crippen LogP contribution in [0.4, 0.5) is 0 Å². The van der Waals surface area contributed by atoms with Crippen molar-refractivity contribution in [3.63, 3.8) is 0 Å². The molecule has 4 nitrogen and oxygen atoms in total. The highest BCUT2D eigenvalue weighted by molar-refractivity contribution is 7.90. The second-order valence-electron chi connectivity index (χ2n) is 4.85. The zero-order valence-corrected chi connectivity index (χ0v) is 12.4. The predicted octanol–water partition coefficient (Wildman–Crippen LogP) is 1.78. The van der Waals surface area contributed by atoms with E-state index in [-0.39, 0.29) is 11.8 Å². The van der Waals surface area contributed by atoms with Crippen LogP contribution in [0.2, 0.25) is 0 Å². The zero-order chi connectivity index (χ0) is 14.3. The van der Waals surface area contributed by atoms with E-state index >= 15 is 0 Å². The minimum atomic E-state index is -2.90. The largest absolute Gasteiger partial charge is 0.494 e. The van der Waals surface area contributed by atoms with Crippen LogP contribution in [0.5, 0.6) is 5.75 Å². The second-order valence-corrected chi connectivity index (χ2v) is 7.11. The molecule has 0 aromatic heterocycles. The lowest BCUT2D eigenvalue weighted by molar-refractivity contribution is 0.317. The van der Waals surface area contributed by atoms with Gasteiger partial charge < -0.3 is 10.5 Å². The fraction of sp³-hybridized carbons (Fsp3) is 0.571.